The maximum Gasteiger partial charge on any atom is 0.283 e. The van der Waals surface area contributed by atoms with Gasteiger partial charge in [0.2, 0.25) is 5.91 Å². The van der Waals surface area contributed by atoms with E-state index in [1.54, 1.807) is 37.3 Å². The number of carbonyl (C=O) groups is 1. The first-order valence-electron chi connectivity index (χ1n) is 9.32. The Hall–Kier alpha value is -3.84. The molecule has 2 heterocycles. The number of rotatable bonds is 6. The van der Waals surface area contributed by atoms with Gasteiger partial charge in [-0.2, -0.15) is 14.9 Å². The minimum Gasteiger partial charge on any atom is -0.362 e. The van der Waals surface area contributed by atoms with Gasteiger partial charge in [-0.25, -0.2) is 13.8 Å². The van der Waals surface area contributed by atoms with Crippen molar-refractivity contribution in [1.82, 2.24) is 19.9 Å². The summed E-state index contributed by atoms with van der Waals surface area (Å²) in [7, 11) is 1.45. The van der Waals surface area contributed by atoms with E-state index in [9.17, 15) is 18.8 Å². The summed E-state index contributed by atoms with van der Waals surface area (Å²) >= 11 is 6.08. The number of likely N-dealkylation sites (N-methyl/N-ethyl adjacent to an activating group) is 1. The van der Waals surface area contributed by atoms with Crippen molar-refractivity contribution in [1.29, 1.82) is 5.26 Å². The molecule has 0 bridgehead atoms. The molecule has 164 valence electrons. The lowest BCUT2D eigenvalue weighted by atomic mass is 10.1. The molecule has 2 aromatic heterocycles. The van der Waals surface area contributed by atoms with Gasteiger partial charge in [-0.05, 0) is 36.9 Å². The third kappa shape index (κ3) is 4.43. The molecule has 0 fully saturated rings. The molecule has 0 spiro atoms. The quantitative estimate of drug-likeness (QED) is 0.590. The summed E-state index contributed by atoms with van der Waals surface area (Å²) in [5, 5.41) is 19.7. The van der Waals surface area contributed by atoms with Crippen LogP contribution in [0.5, 0.6) is 0 Å². The molecule has 8 nitrogen and oxygen atoms in total. The highest BCUT2D eigenvalue weighted by atomic mass is 35.5. The number of nitrogens with zero attached hydrogens (tertiary/aromatic N) is 5. The van der Waals surface area contributed by atoms with Crippen molar-refractivity contribution in [3.63, 3.8) is 0 Å². The van der Waals surface area contributed by atoms with E-state index in [1.165, 1.54) is 13.2 Å². The average Bonchev–Trinajstić information content (AvgIpc) is 3.13. The van der Waals surface area contributed by atoms with Gasteiger partial charge < -0.3 is 10.6 Å². The molecule has 1 aromatic carbocycles. The van der Waals surface area contributed by atoms with Crippen LogP contribution in [0.1, 0.15) is 28.9 Å². The number of aromatic nitrogens is 3. The fraction of sp³-hybridized carbons (Fsp3) is 0.190. The number of hydrogen-bond donors (Lipinski definition) is 2. The van der Waals surface area contributed by atoms with Crippen molar-refractivity contribution >= 4 is 34.9 Å². The summed E-state index contributed by atoms with van der Waals surface area (Å²) in [6.45, 7) is 5.02. The van der Waals surface area contributed by atoms with Crippen LogP contribution in [0.2, 0.25) is 5.02 Å². The predicted octanol–water partition coefficient (Wildman–Crippen LogP) is 2.25. The number of alkyl halides is 2. The summed E-state index contributed by atoms with van der Waals surface area (Å²) < 4.78 is 28.0. The molecule has 0 aliphatic carbocycles. The standard InChI is InChI=1S/C21H18ClF2N7O/c1-4-27-16-8-13(22)6-5-12(16)7-14-11(2)29-21-15(9-25)18(19(23)24)30-31(21)20(14)28-10-17(32)26-3/h4-8,19,27H,1,10H2,2-3H3,(H,26,32)/b14-7+,28-20?. The van der Waals surface area contributed by atoms with Gasteiger partial charge in [-0.15, -0.1) is 0 Å². The van der Waals surface area contributed by atoms with E-state index < -0.39 is 12.1 Å². The summed E-state index contributed by atoms with van der Waals surface area (Å²) in [6.07, 6.45) is 0.212. The first kappa shape index (κ1) is 22.8. The van der Waals surface area contributed by atoms with Gasteiger partial charge in [0.25, 0.3) is 6.43 Å². The van der Waals surface area contributed by atoms with Gasteiger partial charge in [-0.3, -0.25) is 9.79 Å². The number of hydrogen-bond acceptors (Lipinski definition) is 6. The lowest BCUT2D eigenvalue weighted by molar-refractivity contribution is -0.119. The van der Waals surface area contributed by atoms with Crippen molar-refractivity contribution in [3.8, 4) is 6.07 Å². The van der Waals surface area contributed by atoms with Gasteiger partial charge in [0.15, 0.2) is 11.1 Å². The summed E-state index contributed by atoms with van der Waals surface area (Å²) in [5.74, 6) is -0.388. The number of carbonyl (C=O) groups excluding carboxylic acids is 1. The molecule has 0 saturated heterocycles. The minimum absolute atomic E-state index is 0.0614. The number of benzene rings is 1. The Kier molecular flexibility index (Phi) is 6.80. The van der Waals surface area contributed by atoms with Crippen LogP contribution in [0.4, 0.5) is 14.5 Å². The minimum atomic E-state index is -2.98. The van der Waals surface area contributed by atoms with Crippen LogP contribution in [0.15, 0.2) is 36.0 Å². The molecule has 1 amide bonds. The zero-order chi connectivity index (χ0) is 23.4. The highest BCUT2D eigenvalue weighted by molar-refractivity contribution is 6.30. The third-order valence-corrected chi connectivity index (χ3v) is 4.77. The molecule has 0 unspecified atom stereocenters. The number of anilines is 1. The second-order valence-corrected chi connectivity index (χ2v) is 6.99. The topological polar surface area (TPSA) is 107 Å². The van der Waals surface area contributed by atoms with E-state index in [1.807, 2.05) is 0 Å². The van der Waals surface area contributed by atoms with Gasteiger partial charge in [0, 0.05) is 23.0 Å². The van der Waals surface area contributed by atoms with Crippen molar-refractivity contribution in [2.24, 2.45) is 4.99 Å². The van der Waals surface area contributed by atoms with Crippen molar-refractivity contribution in [2.75, 3.05) is 18.9 Å². The Labute approximate surface area is 186 Å². The van der Waals surface area contributed by atoms with E-state index in [4.69, 9.17) is 11.6 Å². The van der Waals surface area contributed by atoms with E-state index in [2.05, 4.69) is 32.3 Å². The van der Waals surface area contributed by atoms with E-state index >= 15 is 0 Å². The fourth-order valence-electron chi connectivity index (χ4n) is 3.02. The number of halogens is 3. The average molecular weight is 458 g/mol. The second kappa shape index (κ2) is 9.53. The number of amides is 1. The molecular weight excluding hydrogens is 440 g/mol. The van der Waals surface area contributed by atoms with E-state index in [0.717, 1.165) is 4.52 Å². The Morgan fingerprint density at radius 3 is 2.84 bits per heavy atom. The molecular formula is C21H18ClF2N7O. The smallest absolute Gasteiger partial charge is 0.283 e. The molecule has 0 aliphatic heterocycles. The largest absolute Gasteiger partial charge is 0.362 e. The number of nitriles is 1. The number of nitrogens with one attached hydrogen (secondary N) is 2. The molecule has 32 heavy (non-hydrogen) atoms. The van der Waals surface area contributed by atoms with Gasteiger partial charge in [0.1, 0.15) is 23.9 Å². The van der Waals surface area contributed by atoms with Gasteiger partial charge >= 0.3 is 0 Å². The van der Waals surface area contributed by atoms with Crippen molar-refractivity contribution in [3.05, 3.63) is 69.2 Å². The molecule has 2 N–H and O–H groups in total. The Bertz CT molecular complexity index is 1380. The molecule has 0 saturated carbocycles. The maximum absolute atomic E-state index is 13.5. The summed E-state index contributed by atoms with van der Waals surface area (Å²) in [4.78, 5) is 20.5. The Morgan fingerprint density at radius 2 is 2.22 bits per heavy atom. The highest BCUT2D eigenvalue weighted by Gasteiger charge is 2.23. The van der Waals surface area contributed by atoms with E-state index in [0.29, 0.717) is 27.2 Å². The number of aryl methyl sites for hydroxylation is 1. The maximum atomic E-state index is 13.5. The lowest BCUT2D eigenvalue weighted by Crippen LogP contribution is -2.37. The zero-order valence-corrected chi connectivity index (χ0v) is 17.9. The van der Waals surface area contributed by atoms with E-state index in [-0.39, 0.29) is 29.2 Å². The molecule has 3 rings (SSSR count). The van der Waals surface area contributed by atoms with Crippen LogP contribution in [-0.4, -0.2) is 34.1 Å². The van der Waals surface area contributed by atoms with Crippen LogP contribution in [0.25, 0.3) is 11.7 Å². The molecule has 0 aliphatic rings. The first-order valence-corrected chi connectivity index (χ1v) is 9.69. The molecule has 0 radical (unpaired) electrons. The van der Waals surface area contributed by atoms with Crippen LogP contribution in [-0.2, 0) is 4.79 Å². The first-order chi connectivity index (χ1) is 15.3. The third-order valence-electron chi connectivity index (χ3n) is 4.54. The fourth-order valence-corrected chi connectivity index (χ4v) is 3.20. The van der Waals surface area contributed by atoms with Crippen molar-refractivity contribution < 1.29 is 13.6 Å². The van der Waals surface area contributed by atoms with Crippen LogP contribution >= 0.6 is 11.6 Å². The lowest BCUT2D eigenvalue weighted by Gasteiger charge is -2.07. The predicted molar refractivity (Wildman–Crippen MR) is 116 cm³/mol. The second-order valence-electron chi connectivity index (χ2n) is 6.56. The van der Waals surface area contributed by atoms with Gasteiger partial charge in [-0.1, -0.05) is 24.2 Å². The van der Waals surface area contributed by atoms with Gasteiger partial charge in [0.05, 0.1) is 5.69 Å². The molecule has 11 heteroatoms. The summed E-state index contributed by atoms with van der Waals surface area (Å²) in [6, 6.07) is 6.85. The Balaban J connectivity index is 2.45. The summed E-state index contributed by atoms with van der Waals surface area (Å²) in [5.41, 5.74) is 0.727. The molecule has 3 aromatic rings. The van der Waals surface area contributed by atoms with Crippen LogP contribution < -0.4 is 21.3 Å². The SMILES string of the molecule is C=CNc1cc(Cl)ccc1/C=c1\c(C)nc2c(C#N)c(C(F)F)nn2c1=NCC(=O)NC. The van der Waals surface area contributed by atoms with Crippen LogP contribution in [0, 0.1) is 18.3 Å². The molecule has 0 atom stereocenters. The Morgan fingerprint density at radius 1 is 1.47 bits per heavy atom. The van der Waals surface area contributed by atoms with Crippen molar-refractivity contribution in [2.45, 2.75) is 13.3 Å². The normalized spacial score (nSPS) is 12.3. The zero-order valence-electron chi connectivity index (χ0n) is 17.2. The number of fused-ring (bicyclic) bond motifs is 1. The van der Waals surface area contributed by atoms with Crippen LogP contribution in [0.3, 0.4) is 0 Å². The highest BCUT2D eigenvalue weighted by Crippen LogP contribution is 2.23. The monoisotopic (exact) mass is 457 g/mol.